The molecule has 2 heterocycles. The number of rotatable bonds is 12. The van der Waals surface area contributed by atoms with Crippen molar-refractivity contribution in [1.29, 1.82) is 0 Å². The van der Waals surface area contributed by atoms with Gasteiger partial charge < -0.3 is 45.6 Å². The Morgan fingerprint density at radius 1 is 0.662 bits per heavy atom. The van der Waals surface area contributed by atoms with Crippen LogP contribution in [0.3, 0.4) is 0 Å². The summed E-state index contributed by atoms with van der Waals surface area (Å²) in [6.45, 7) is 10.2. The van der Waals surface area contributed by atoms with Gasteiger partial charge in [-0.3, -0.25) is 14.4 Å². The van der Waals surface area contributed by atoms with Crippen LogP contribution in [0.1, 0.15) is 135 Å². The highest BCUT2D eigenvalue weighted by molar-refractivity contribution is 7.96. The first-order valence-electron chi connectivity index (χ1n) is 28.7. The van der Waals surface area contributed by atoms with Gasteiger partial charge in [-0.15, -0.1) is 12.6 Å². The van der Waals surface area contributed by atoms with Crippen LogP contribution in [0.25, 0.3) is 23.5 Å². The number of carboxylic acids is 1. The van der Waals surface area contributed by atoms with Crippen LogP contribution >= 0.6 is 12.6 Å². The summed E-state index contributed by atoms with van der Waals surface area (Å²) in [5.41, 5.74) is 4.27. The second-order valence-corrected chi connectivity index (χ2v) is 25.9. The topological polar surface area (TPSA) is 248 Å². The lowest BCUT2D eigenvalue weighted by Gasteiger charge is -2.60. The summed E-state index contributed by atoms with van der Waals surface area (Å²) in [5, 5.41) is 70.5. The van der Waals surface area contributed by atoms with E-state index in [-0.39, 0.29) is 71.0 Å². The van der Waals surface area contributed by atoms with Gasteiger partial charge in [0.05, 0.1) is 60.6 Å². The molecule has 14 atom stereocenters. The number of benzene rings is 2. The molecular formula is C62H78N6O11S. The summed E-state index contributed by atoms with van der Waals surface area (Å²) in [6, 6.07) is 14.9. The molecule has 4 aromatic rings. The van der Waals surface area contributed by atoms with Gasteiger partial charge in [-0.2, -0.15) is 10.2 Å². The molecule has 0 unspecified atom stereocenters. The highest BCUT2D eigenvalue weighted by atomic mass is 32.1. The summed E-state index contributed by atoms with van der Waals surface area (Å²) < 4.78 is 13.8. The Bertz CT molecular complexity index is 2980. The molecule has 8 aliphatic rings. The summed E-state index contributed by atoms with van der Waals surface area (Å²) in [4.78, 5) is 49.8. The Hall–Kier alpha value is -5.47. The number of thiol groups is 1. The molecule has 0 bridgehead atoms. The van der Waals surface area contributed by atoms with Crippen molar-refractivity contribution in [3.8, 4) is 11.4 Å². The van der Waals surface area contributed by atoms with Gasteiger partial charge in [0.25, 0.3) is 11.8 Å². The van der Waals surface area contributed by atoms with Crippen LogP contribution in [0.2, 0.25) is 0 Å². The number of ether oxygens (including phenoxy) is 2. The number of aliphatic carboxylic acids is 1. The van der Waals surface area contributed by atoms with E-state index >= 15 is 0 Å². The maximum atomic E-state index is 12.6. The lowest BCUT2D eigenvalue weighted by molar-refractivity contribution is -0.193. The molecule has 0 saturated heterocycles. The summed E-state index contributed by atoms with van der Waals surface area (Å²) in [5.74, 6) is -0.862. The first kappa shape index (κ1) is 56.4. The summed E-state index contributed by atoms with van der Waals surface area (Å²) in [6.07, 6.45) is 14.8. The number of aliphatic hydroxyl groups excluding tert-OH is 2. The van der Waals surface area contributed by atoms with Gasteiger partial charge in [-0.25, -0.2) is 14.2 Å². The van der Waals surface area contributed by atoms with Crippen LogP contribution in [0.4, 0.5) is 0 Å². The summed E-state index contributed by atoms with van der Waals surface area (Å²) >= 11 is 4.07. The van der Waals surface area contributed by atoms with Gasteiger partial charge in [-0.1, -0.05) is 51.0 Å². The maximum absolute atomic E-state index is 12.6. The minimum Gasteiger partial charge on any atom is -0.479 e. The average molecular weight is 1120 g/mol. The van der Waals surface area contributed by atoms with E-state index in [0.717, 1.165) is 78.8 Å². The zero-order valence-electron chi connectivity index (χ0n) is 46.8. The smallest absolute Gasteiger partial charge is 0.336 e. The van der Waals surface area contributed by atoms with E-state index in [1.54, 1.807) is 26.4 Å². The number of allylic oxidation sites excluding steroid dienone is 2. The van der Waals surface area contributed by atoms with Crippen LogP contribution in [-0.2, 0) is 31.9 Å². The maximum Gasteiger partial charge on any atom is 0.336 e. The first-order chi connectivity index (χ1) is 38.1. The molecule has 0 spiro atoms. The third-order valence-electron chi connectivity index (χ3n) is 21.8. The molecule has 12 rings (SSSR count). The van der Waals surface area contributed by atoms with Gasteiger partial charge in [0.2, 0.25) is 5.12 Å². The van der Waals surface area contributed by atoms with Crippen molar-refractivity contribution in [1.82, 2.24) is 30.2 Å². The zero-order valence-corrected chi connectivity index (χ0v) is 47.7. The van der Waals surface area contributed by atoms with Crippen molar-refractivity contribution in [3.63, 3.8) is 0 Å². The second-order valence-electron chi connectivity index (χ2n) is 25.5. The number of methoxy groups -OCH3 is 2. The molecule has 2 amide bonds. The normalized spacial score (nSPS) is 36.1. The molecule has 0 aliphatic heterocycles. The fourth-order valence-corrected chi connectivity index (χ4v) is 18.2. The van der Waals surface area contributed by atoms with Crippen LogP contribution in [0.5, 0.6) is 0 Å². The van der Waals surface area contributed by atoms with Gasteiger partial charge >= 0.3 is 5.97 Å². The number of nitrogens with one attached hydrogen (secondary N) is 2. The lowest BCUT2D eigenvalue weighted by atomic mass is 9.45. The third-order valence-corrected chi connectivity index (χ3v) is 22.1. The fraction of sp³-hybridized carbons (Fsp3) is 0.581. The number of fused-ring (bicyclic) bond motifs is 12. The Morgan fingerprint density at radius 2 is 1.09 bits per heavy atom. The van der Waals surface area contributed by atoms with Gasteiger partial charge in [0.1, 0.15) is 5.60 Å². The highest BCUT2D eigenvalue weighted by Gasteiger charge is 2.70. The quantitative estimate of drug-likeness (QED) is 0.0538. The molecule has 6 saturated carbocycles. The standard InChI is InChI=1S/C31H39N3O6.C31H39N3O5S/c1-29-15-19-17-33-34(21-6-4-5-18(13-21)27(36)32-11-12-40-3)24(19)14-20(29)7-8-22-23-9-10-31(39,28(37)38)30(23,2)16-25(35)26(22)29;1-29-15-19-17-33-34(21-6-4-5-18(13-21)27(36)32-11-12-39-3)24(19)14-20(29)7-8-22-23-9-10-31(38,28(37)40)30(23,2)16-25(35)26(22)29/h4-6,13-14,17,22-23,25-26,35,39H,7-12,15-16H2,1-3H3,(H,32,36)(H,37,38);4-6,13-14,17,22-23,25-26,35,38H,7-12,15-16H2,1-3H3,(H,32,36)(H,37,40)/t2*22-,23-,25-,26+,29-,30-,31-/m00/s1. The second kappa shape index (κ2) is 20.8. The summed E-state index contributed by atoms with van der Waals surface area (Å²) in [7, 11) is 3.20. The van der Waals surface area contributed by atoms with E-state index in [0.29, 0.717) is 56.7 Å². The molecule has 18 heteroatoms. The van der Waals surface area contributed by atoms with Crippen LogP contribution in [0, 0.1) is 57.2 Å². The molecule has 0 radical (unpaired) electrons. The van der Waals surface area contributed by atoms with Crippen LogP contribution in [0.15, 0.2) is 72.1 Å². The molecule has 2 aromatic heterocycles. The number of carbonyl (C=O) groups excluding carboxylic acids is 3. The Labute approximate surface area is 473 Å². The molecule has 2 aromatic carbocycles. The number of aromatic nitrogens is 4. The number of carboxylic acid groups (broad SMARTS) is 1. The molecule has 17 nitrogen and oxygen atoms in total. The molecule has 428 valence electrons. The minimum atomic E-state index is -1.79. The number of amides is 2. The van der Waals surface area contributed by atoms with Gasteiger partial charge in [-0.05, 0) is 183 Å². The lowest BCUT2D eigenvalue weighted by Crippen LogP contribution is -2.61. The van der Waals surface area contributed by atoms with Crippen LogP contribution in [-0.4, -0.2) is 132 Å². The van der Waals surface area contributed by atoms with E-state index < -0.39 is 45.3 Å². The van der Waals surface area contributed by atoms with Crippen molar-refractivity contribution >= 4 is 47.7 Å². The molecule has 7 N–H and O–H groups in total. The number of nitrogens with zero attached hydrogens (tertiary/aromatic N) is 4. The Balaban J connectivity index is 0.000000169. The molecule has 80 heavy (non-hydrogen) atoms. The Kier molecular flexibility index (Phi) is 14.6. The van der Waals surface area contributed by atoms with Crippen LogP contribution < -0.4 is 10.6 Å². The molecule has 8 aliphatic carbocycles. The zero-order chi connectivity index (χ0) is 56.9. The number of carbonyl (C=O) groups is 4. The van der Waals surface area contributed by atoms with E-state index in [1.165, 1.54) is 11.1 Å². The first-order valence-corrected chi connectivity index (χ1v) is 29.1. The number of hydrogen-bond donors (Lipinski definition) is 8. The van der Waals surface area contributed by atoms with E-state index in [2.05, 4.69) is 49.3 Å². The average Bonchev–Trinajstić information content (AvgIpc) is 4.28. The third kappa shape index (κ3) is 8.70. The fourth-order valence-electron chi connectivity index (χ4n) is 17.8. The van der Waals surface area contributed by atoms with Gasteiger partial charge in [0, 0.05) is 49.3 Å². The van der Waals surface area contributed by atoms with Crippen molar-refractivity contribution in [2.75, 3.05) is 40.5 Å². The molecule has 6 fully saturated rings. The van der Waals surface area contributed by atoms with E-state index in [4.69, 9.17) is 19.7 Å². The van der Waals surface area contributed by atoms with Crippen molar-refractivity contribution < 1.29 is 54.2 Å². The minimum absolute atomic E-state index is 0.0163. The Morgan fingerprint density at radius 3 is 1.50 bits per heavy atom. The van der Waals surface area contributed by atoms with Gasteiger partial charge in [0.15, 0.2) is 5.60 Å². The van der Waals surface area contributed by atoms with Crippen molar-refractivity contribution in [2.24, 2.45) is 57.2 Å². The predicted octanol–water partition coefficient (Wildman–Crippen LogP) is 6.81. The molecular weight excluding hydrogens is 1040 g/mol. The monoisotopic (exact) mass is 1110 g/mol. The predicted molar refractivity (Wildman–Crippen MR) is 302 cm³/mol. The van der Waals surface area contributed by atoms with E-state index in [1.807, 2.05) is 72.0 Å². The number of aliphatic hydroxyl groups is 4. The SMILES string of the molecule is COCCNC(=O)c1cccc(-n2ncc3c2C=C2CC[C@@H]4[C@H]([C@@H](O)C[C@@]5(C)[C@H]4CC[C@]5(O)C(=O)O)[C@@]2(C)C3)c1.COCCNC(=O)c1cccc(-n2ncc3c2C=C2CC[C@@H]4[C@H]([C@@H](O)C[C@@]5(C)[C@H]4CC[C@]5(O)C(=O)S)[C@@]2(C)C3)c1. The number of hydrogen-bond acceptors (Lipinski definition) is 12. The highest BCUT2D eigenvalue weighted by Crippen LogP contribution is 2.69. The largest absolute Gasteiger partial charge is 0.479 e. The van der Waals surface area contributed by atoms with E-state index in [9.17, 15) is 44.7 Å². The van der Waals surface area contributed by atoms with Crippen molar-refractivity contribution in [3.05, 3.63) is 106 Å². The van der Waals surface area contributed by atoms with Crippen molar-refractivity contribution in [2.45, 2.75) is 128 Å².